The van der Waals surface area contributed by atoms with E-state index in [9.17, 15) is 5.21 Å². The summed E-state index contributed by atoms with van der Waals surface area (Å²) in [4.78, 5) is 3.90. The number of fused-ring (bicyclic) bond motifs is 1. The summed E-state index contributed by atoms with van der Waals surface area (Å²) < 4.78 is 0.870. The molecule has 56 valence electrons. The number of anilines is 1. The van der Waals surface area contributed by atoms with Crippen LogP contribution in [-0.2, 0) is 0 Å². The second-order valence-electron chi connectivity index (χ2n) is 2.27. The van der Waals surface area contributed by atoms with Gasteiger partial charge in [0, 0.05) is 0 Å². The molecule has 0 unspecified atom stereocenters. The lowest BCUT2D eigenvalue weighted by molar-refractivity contribution is 0.204. The Kier molecular flexibility index (Phi) is 1.03. The summed E-state index contributed by atoms with van der Waals surface area (Å²) in [6.07, 6.45) is 0. The number of aromatic nitrogens is 2. The third-order valence-electron chi connectivity index (χ3n) is 1.56. The molecule has 4 heteroatoms. The molecule has 1 aromatic carbocycles. The van der Waals surface area contributed by atoms with Crippen LogP contribution in [-0.4, -0.2) is 14.9 Å². The Morgan fingerprint density at radius 2 is 2.09 bits per heavy atom. The van der Waals surface area contributed by atoms with E-state index in [2.05, 4.69) is 4.98 Å². The molecule has 1 heterocycles. The van der Waals surface area contributed by atoms with Crippen molar-refractivity contribution in [3.05, 3.63) is 24.3 Å². The Morgan fingerprint density at radius 1 is 1.36 bits per heavy atom. The first kappa shape index (κ1) is 6.03. The second kappa shape index (κ2) is 1.88. The molecule has 2 aromatic rings. The normalized spacial score (nSPS) is 10.5. The van der Waals surface area contributed by atoms with Gasteiger partial charge in [0.1, 0.15) is 5.52 Å². The summed E-state index contributed by atoms with van der Waals surface area (Å²) in [5.74, 6) is 0.117. The summed E-state index contributed by atoms with van der Waals surface area (Å²) in [5.41, 5.74) is 6.69. The van der Waals surface area contributed by atoms with Gasteiger partial charge >= 0.3 is 0 Å². The molecule has 0 radical (unpaired) electrons. The van der Waals surface area contributed by atoms with E-state index in [1.807, 2.05) is 12.1 Å². The zero-order valence-corrected chi connectivity index (χ0v) is 5.73. The molecule has 0 saturated carbocycles. The van der Waals surface area contributed by atoms with E-state index in [4.69, 9.17) is 5.73 Å². The molecule has 0 amide bonds. The minimum Gasteiger partial charge on any atom is -0.425 e. The Morgan fingerprint density at radius 3 is 2.82 bits per heavy atom. The predicted molar refractivity (Wildman–Crippen MR) is 41.3 cm³/mol. The predicted octanol–water partition coefficient (Wildman–Crippen LogP) is 0.856. The molecule has 1 aromatic heterocycles. The third kappa shape index (κ3) is 0.724. The van der Waals surface area contributed by atoms with Crippen molar-refractivity contribution in [1.29, 1.82) is 0 Å². The molecule has 0 aliphatic heterocycles. The first-order chi connectivity index (χ1) is 5.29. The fraction of sp³-hybridized carbons (Fsp3) is 0. The van der Waals surface area contributed by atoms with Crippen LogP contribution in [0.5, 0.6) is 0 Å². The average Bonchev–Trinajstić information content (AvgIpc) is 2.30. The van der Waals surface area contributed by atoms with Crippen molar-refractivity contribution >= 4 is 17.0 Å². The van der Waals surface area contributed by atoms with Gasteiger partial charge in [0.15, 0.2) is 0 Å². The monoisotopic (exact) mass is 149 g/mol. The average molecular weight is 149 g/mol. The lowest BCUT2D eigenvalue weighted by Crippen LogP contribution is -1.97. The molecule has 0 aliphatic rings. The summed E-state index contributed by atoms with van der Waals surface area (Å²) in [6.45, 7) is 0. The van der Waals surface area contributed by atoms with Crippen molar-refractivity contribution in [2.75, 3.05) is 5.73 Å². The van der Waals surface area contributed by atoms with Crippen molar-refractivity contribution < 1.29 is 5.21 Å². The van der Waals surface area contributed by atoms with Gasteiger partial charge in [0.2, 0.25) is 5.95 Å². The SMILES string of the molecule is Nc1nc2ccccc2n1O. The fourth-order valence-electron chi connectivity index (χ4n) is 1.03. The third-order valence-corrected chi connectivity index (χ3v) is 1.56. The molecule has 11 heavy (non-hydrogen) atoms. The maximum atomic E-state index is 9.23. The Hall–Kier alpha value is -1.71. The number of hydrogen-bond donors (Lipinski definition) is 2. The summed E-state index contributed by atoms with van der Waals surface area (Å²) >= 11 is 0. The second-order valence-corrected chi connectivity index (χ2v) is 2.27. The standard InChI is InChI=1S/C7H7N3O/c8-7-9-5-3-1-2-4-6(5)10(7)11/h1-4,11H,(H2,8,9). The maximum Gasteiger partial charge on any atom is 0.235 e. The van der Waals surface area contributed by atoms with Crippen LogP contribution in [0.4, 0.5) is 5.95 Å². The summed E-state index contributed by atoms with van der Waals surface area (Å²) in [6, 6.07) is 7.20. The van der Waals surface area contributed by atoms with Crippen molar-refractivity contribution in [1.82, 2.24) is 9.71 Å². The first-order valence-corrected chi connectivity index (χ1v) is 3.21. The van der Waals surface area contributed by atoms with Crippen LogP contribution in [0.15, 0.2) is 24.3 Å². The molecule has 0 saturated heterocycles. The van der Waals surface area contributed by atoms with Crippen LogP contribution in [0.1, 0.15) is 0 Å². The number of benzene rings is 1. The van der Waals surface area contributed by atoms with Crippen LogP contribution in [0.3, 0.4) is 0 Å². The van der Waals surface area contributed by atoms with E-state index in [1.165, 1.54) is 0 Å². The Labute approximate surface area is 62.8 Å². The van der Waals surface area contributed by atoms with E-state index in [0.29, 0.717) is 11.0 Å². The van der Waals surface area contributed by atoms with Crippen LogP contribution in [0.2, 0.25) is 0 Å². The lowest BCUT2D eigenvalue weighted by Gasteiger charge is -1.91. The van der Waals surface area contributed by atoms with Gasteiger partial charge in [-0.05, 0) is 12.1 Å². The lowest BCUT2D eigenvalue weighted by atomic mass is 10.3. The van der Waals surface area contributed by atoms with Gasteiger partial charge < -0.3 is 10.9 Å². The fourth-order valence-corrected chi connectivity index (χ4v) is 1.03. The highest BCUT2D eigenvalue weighted by Crippen LogP contribution is 2.14. The molecule has 2 rings (SSSR count). The highest BCUT2D eigenvalue weighted by atomic mass is 16.5. The van der Waals surface area contributed by atoms with E-state index in [1.54, 1.807) is 12.1 Å². The molecule has 0 bridgehead atoms. The molecule has 4 nitrogen and oxygen atoms in total. The van der Waals surface area contributed by atoms with Crippen LogP contribution < -0.4 is 5.73 Å². The number of nitrogen functional groups attached to an aromatic ring is 1. The summed E-state index contributed by atoms with van der Waals surface area (Å²) in [5, 5.41) is 9.23. The van der Waals surface area contributed by atoms with Crippen molar-refractivity contribution in [2.24, 2.45) is 0 Å². The van der Waals surface area contributed by atoms with Gasteiger partial charge in [-0.2, -0.15) is 0 Å². The smallest absolute Gasteiger partial charge is 0.235 e. The Balaban J connectivity index is 2.92. The van der Waals surface area contributed by atoms with Crippen molar-refractivity contribution in [2.45, 2.75) is 0 Å². The van der Waals surface area contributed by atoms with Gasteiger partial charge in [0.25, 0.3) is 0 Å². The molecule has 0 spiro atoms. The highest BCUT2D eigenvalue weighted by Gasteiger charge is 2.03. The molecule has 0 atom stereocenters. The maximum absolute atomic E-state index is 9.23. The number of hydrogen-bond acceptors (Lipinski definition) is 3. The zero-order chi connectivity index (χ0) is 7.84. The molecular formula is C7H7N3O. The van der Waals surface area contributed by atoms with Gasteiger partial charge in [-0.1, -0.05) is 12.1 Å². The summed E-state index contributed by atoms with van der Waals surface area (Å²) in [7, 11) is 0. The van der Waals surface area contributed by atoms with E-state index in [0.717, 1.165) is 4.73 Å². The number of imidazole rings is 1. The topological polar surface area (TPSA) is 64.1 Å². The van der Waals surface area contributed by atoms with Crippen LogP contribution >= 0.6 is 0 Å². The quantitative estimate of drug-likeness (QED) is 0.546. The van der Waals surface area contributed by atoms with Crippen LogP contribution in [0, 0.1) is 0 Å². The number of nitrogens with zero attached hydrogens (tertiary/aromatic N) is 2. The van der Waals surface area contributed by atoms with Crippen LogP contribution in [0.25, 0.3) is 11.0 Å². The number of para-hydroxylation sites is 2. The van der Waals surface area contributed by atoms with E-state index >= 15 is 0 Å². The van der Waals surface area contributed by atoms with Crippen molar-refractivity contribution in [3.8, 4) is 0 Å². The van der Waals surface area contributed by atoms with Gasteiger partial charge in [-0.15, -0.1) is 4.73 Å². The minimum atomic E-state index is 0.117. The number of nitrogens with two attached hydrogens (primary N) is 1. The largest absolute Gasteiger partial charge is 0.425 e. The number of rotatable bonds is 0. The van der Waals surface area contributed by atoms with E-state index in [-0.39, 0.29) is 5.95 Å². The van der Waals surface area contributed by atoms with Gasteiger partial charge in [-0.25, -0.2) is 4.98 Å². The highest BCUT2D eigenvalue weighted by molar-refractivity contribution is 5.77. The molecule has 0 aliphatic carbocycles. The first-order valence-electron chi connectivity index (χ1n) is 3.21. The molecular weight excluding hydrogens is 142 g/mol. The van der Waals surface area contributed by atoms with E-state index < -0.39 is 0 Å². The molecule has 0 fully saturated rings. The van der Waals surface area contributed by atoms with Gasteiger partial charge in [-0.3, -0.25) is 0 Å². The minimum absolute atomic E-state index is 0.117. The molecule has 3 N–H and O–H groups in total. The zero-order valence-electron chi connectivity index (χ0n) is 5.73. The Bertz CT molecular complexity index is 393. The van der Waals surface area contributed by atoms with Crippen molar-refractivity contribution in [3.63, 3.8) is 0 Å². The van der Waals surface area contributed by atoms with Gasteiger partial charge in [0.05, 0.1) is 5.52 Å².